The van der Waals surface area contributed by atoms with Gasteiger partial charge in [0.1, 0.15) is 0 Å². The van der Waals surface area contributed by atoms with Gasteiger partial charge >= 0.3 is 0 Å². The van der Waals surface area contributed by atoms with Gasteiger partial charge in [-0.05, 0) is 30.0 Å². The van der Waals surface area contributed by atoms with Crippen molar-refractivity contribution < 1.29 is 0 Å². The minimum atomic E-state index is 1.10. The van der Waals surface area contributed by atoms with Crippen molar-refractivity contribution in [2.75, 3.05) is 12.4 Å². The van der Waals surface area contributed by atoms with Crippen molar-refractivity contribution in [1.29, 1.82) is 0 Å². The average molecular weight is 177 g/mol. The van der Waals surface area contributed by atoms with Crippen LogP contribution in [-0.2, 0) is 12.8 Å². The molecule has 0 spiro atoms. The summed E-state index contributed by atoms with van der Waals surface area (Å²) in [6.07, 6.45) is 3.52. The zero-order valence-corrected chi connectivity index (χ0v) is 8.85. The molecule has 1 heteroatoms. The summed E-state index contributed by atoms with van der Waals surface area (Å²) in [7, 11) is 1.98. The van der Waals surface area contributed by atoms with Gasteiger partial charge in [0.15, 0.2) is 0 Å². The lowest BCUT2D eigenvalue weighted by Gasteiger charge is -2.09. The van der Waals surface area contributed by atoms with Crippen LogP contribution in [0.2, 0.25) is 0 Å². The Kier molecular flexibility index (Phi) is 3.81. The Balaban J connectivity index is 2.91. The largest absolute Gasteiger partial charge is 0.388 e. The molecule has 0 atom stereocenters. The summed E-state index contributed by atoms with van der Waals surface area (Å²) in [5, 5.41) is 3.22. The SMILES string of the molecule is CCCc1ccc(NC)c(CC)c1. The normalized spacial score (nSPS) is 10.1. The molecule has 0 aliphatic rings. The van der Waals surface area contributed by atoms with E-state index in [1.807, 2.05) is 7.05 Å². The number of anilines is 1. The molecule has 0 fully saturated rings. The summed E-state index contributed by atoms with van der Waals surface area (Å²) in [5.41, 5.74) is 4.15. The topological polar surface area (TPSA) is 12.0 Å². The number of nitrogens with one attached hydrogen (secondary N) is 1. The molecule has 1 aromatic rings. The van der Waals surface area contributed by atoms with E-state index in [4.69, 9.17) is 0 Å². The maximum Gasteiger partial charge on any atom is 0.0370 e. The fourth-order valence-electron chi connectivity index (χ4n) is 1.63. The molecule has 0 saturated heterocycles. The molecule has 0 amide bonds. The molecule has 0 aliphatic carbocycles. The highest BCUT2D eigenvalue weighted by molar-refractivity contribution is 5.52. The number of benzene rings is 1. The number of aryl methyl sites for hydroxylation is 2. The van der Waals surface area contributed by atoms with E-state index in [-0.39, 0.29) is 0 Å². The third-order valence-electron chi connectivity index (χ3n) is 2.36. The van der Waals surface area contributed by atoms with Crippen molar-refractivity contribution >= 4 is 5.69 Å². The molecule has 0 aliphatic heterocycles. The van der Waals surface area contributed by atoms with Gasteiger partial charge in [0.2, 0.25) is 0 Å². The Bertz CT molecular complexity index is 266. The van der Waals surface area contributed by atoms with Gasteiger partial charge in [-0.15, -0.1) is 0 Å². The van der Waals surface area contributed by atoms with Crippen LogP contribution in [0.4, 0.5) is 5.69 Å². The lowest BCUT2D eigenvalue weighted by Crippen LogP contribution is -1.95. The second kappa shape index (κ2) is 4.90. The van der Waals surface area contributed by atoms with Gasteiger partial charge in [0.25, 0.3) is 0 Å². The zero-order valence-electron chi connectivity index (χ0n) is 8.85. The minimum Gasteiger partial charge on any atom is -0.388 e. The maximum atomic E-state index is 3.22. The standard InChI is InChI=1S/C12H19N/c1-4-6-10-7-8-12(13-3)11(5-2)9-10/h7-9,13H,4-6H2,1-3H3. The highest BCUT2D eigenvalue weighted by Crippen LogP contribution is 2.18. The molecule has 0 radical (unpaired) electrons. The van der Waals surface area contributed by atoms with E-state index < -0.39 is 0 Å². The third kappa shape index (κ3) is 2.48. The van der Waals surface area contributed by atoms with Crippen LogP contribution in [0.3, 0.4) is 0 Å². The predicted octanol–water partition coefficient (Wildman–Crippen LogP) is 3.24. The number of rotatable bonds is 4. The molecular weight excluding hydrogens is 158 g/mol. The Morgan fingerprint density at radius 1 is 1.23 bits per heavy atom. The highest BCUT2D eigenvalue weighted by Gasteiger charge is 1.99. The molecule has 1 rings (SSSR count). The third-order valence-corrected chi connectivity index (χ3v) is 2.36. The van der Waals surface area contributed by atoms with Gasteiger partial charge < -0.3 is 5.32 Å². The maximum absolute atomic E-state index is 3.22. The van der Waals surface area contributed by atoms with Crippen molar-refractivity contribution in [2.24, 2.45) is 0 Å². The molecule has 0 bridgehead atoms. The molecule has 13 heavy (non-hydrogen) atoms. The van der Waals surface area contributed by atoms with E-state index in [2.05, 4.69) is 37.4 Å². The van der Waals surface area contributed by atoms with E-state index in [1.54, 1.807) is 0 Å². The summed E-state index contributed by atoms with van der Waals surface area (Å²) in [5.74, 6) is 0. The predicted molar refractivity (Wildman–Crippen MR) is 59.4 cm³/mol. The highest BCUT2D eigenvalue weighted by atomic mass is 14.8. The monoisotopic (exact) mass is 177 g/mol. The van der Waals surface area contributed by atoms with Crippen molar-refractivity contribution in [1.82, 2.24) is 0 Å². The molecule has 0 saturated carbocycles. The molecule has 72 valence electrons. The Labute approximate surface area is 81.2 Å². The van der Waals surface area contributed by atoms with Crippen LogP contribution in [0.5, 0.6) is 0 Å². The first-order chi connectivity index (χ1) is 6.31. The van der Waals surface area contributed by atoms with Gasteiger partial charge in [-0.2, -0.15) is 0 Å². The summed E-state index contributed by atoms with van der Waals surface area (Å²) in [4.78, 5) is 0. The summed E-state index contributed by atoms with van der Waals surface area (Å²) in [6, 6.07) is 6.72. The first kappa shape index (κ1) is 10.1. The fourth-order valence-corrected chi connectivity index (χ4v) is 1.63. The van der Waals surface area contributed by atoms with Crippen molar-refractivity contribution in [2.45, 2.75) is 33.1 Å². The molecule has 0 unspecified atom stereocenters. The van der Waals surface area contributed by atoms with Crippen LogP contribution >= 0.6 is 0 Å². The first-order valence-corrected chi connectivity index (χ1v) is 5.11. The zero-order chi connectivity index (χ0) is 9.68. The van der Waals surface area contributed by atoms with Crippen molar-refractivity contribution in [3.63, 3.8) is 0 Å². The molecular formula is C12H19N. The van der Waals surface area contributed by atoms with E-state index in [1.165, 1.54) is 29.7 Å². The van der Waals surface area contributed by atoms with Gasteiger partial charge in [-0.3, -0.25) is 0 Å². The first-order valence-electron chi connectivity index (χ1n) is 5.11. The molecule has 1 aromatic carbocycles. The minimum absolute atomic E-state index is 1.10. The molecule has 0 aromatic heterocycles. The summed E-state index contributed by atoms with van der Waals surface area (Å²) >= 11 is 0. The summed E-state index contributed by atoms with van der Waals surface area (Å²) < 4.78 is 0. The van der Waals surface area contributed by atoms with Crippen LogP contribution < -0.4 is 5.32 Å². The lowest BCUT2D eigenvalue weighted by molar-refractivity contribution is 0.917. The van der Waals surface area contributed by atoms with Gasteiger partial charge in [0.05, 0.1) is 0 Å². The van der Waals surface area contributed by atoms with Gasteiger partial charge in [0, 0.05) is 12.7 Å². The molecule has 1 nitrogen and oxygen atoms in total. The van der Waals surface area contributed by atoms with Crippen LogP contribution in [0.15, 0.2) is 18.2 Å². The van der Waals surface area contributed by atoms with Crippen LogP contribution in [0, 0.1) is 0 Å². The van der Waals surface area contributed by atoms with E-state index in [0.29, 0.717) is 0 Å². The molecule has 0 heterocycles. The lowest BCUT2D eigenvalue weighted by atomic mass is 10.0. The van der Waals surface area contributed by atoms with Gasteiger partial charge in [-0.25, -0.2) is 0 Å². The second-order valence-corrected chi connectivity index (χ2v) is 3.35. The van der Waals surface area contributed by atoms with E-state index >= 15 is 0 Å². The quantitative estimate of drug-likeness (QED) is 0.744. The Morgan fingerprint density at radius 3 is 2.54 bits per heavy atom. The number of hydrogen-bond donors (Lipinski definition) is 1. The van der Waals surface area contributed by atoms with E-state index in [0.717, 1.165) is 6.42 Å². The van der Waals surface area contributed by atoms with Crippen molar-refractivity contribution in [3.8, 4) is 0 Å². The second-order valence-electron chi connectivity index (χ2n) is 3.35. The smallest absolute Gasteiger partial charge is 0.0370 e. The van der Waals surface area contributed by atoms with Gasteiger partial charge in [-0.1, -0.05) is 32.4 Å². The fraction of sp³-hybridized carbons (Fsp3) is 0.500. The Morgan fingerprint density at radius 2 is 2.00 bits per heavy atom. The number of hydrogen-bond acceptors (Lipinski definition) is 1. The summed E-state index contributed by atoms with van der Waals surface area (Å²) in [6.45, 7) is 4.42. The van der Waals surface area contributed by atoms with Crippen LogP contribution in [-0.4, -0.2) is 7.05 Å². The van der Waals surface area contributed by atoms with Crippen LogP contribution in [0.25, 0.3) is 0 Å². The van der Waals surface area contributed by atoms with Crippen LogP contribution in [0.1, 0.15) is 31.4 Å². The van der Waals surface area contributed by atoms with Crippen molar-refractivity contribution in [3.05, 3.63) is 29.3 Å². The Hall–Kier alpha value is -0.980. The van der Waals surface area contributed by atoms with E-state index in [9.17, 15) is 0 Å². The molecule has 1 N–H and O–H groups in total. The average Bonchev–Trinajstić information content (AvgIpc) is 2.18.